The highest BCUT2D eigenvalue weighted by Crippen LogP contribution is 2.32. The Morgan fingerprint density at radius 3 is 2.05 bits per heavy atom. The highest BCUT2D eigenvalue weighted by Gasteiger charge is 2.35. The van der Waals surface area contributed by atoms with Crippen LogP contribution in [0.15, 0.2) is 42.7 Å². The van der Waals surface area contributed by atoms with Crippen molar-refractivity contribution in [2.45, 2.75) is 105 Å². The van der Waals surface area contributed by atoms with Gasteiger partial charge in [-0.2, -0.15) is 13.2 Å². The minimum absolute atomic E-state index is 0.00805. The molecule has 0 atom stereocenters. The van der Waals surface area contributed by atoms with Crippen LogP contribution in [0.2, 0.25) is 0 Å². The van der Waals surface area contributed by atoms with Crippen LogP contribution in [0.3, 0.4) is 0 Å². The summed E-state index contributed by atoms with van der Waals surface area (Å²) in [7, 11) is 0. The van der Waals surface area contributed by atoms with Crippen molar-refractivity contribution in [3.8, 4) is 28.4 Å². The normalized spacial score (nSPS) is 12.3. The van der Waals surface area contributed by atoms with E-state index in [4.69, 9.17) is 4.74 Å². The first-order chi connectivity index (χ1) is 18.9. The minimum atomic E-state index is -4.55. The number of alkyl halides is 3. The third-order valence-electron chi connectivity index (χ3n) is 7.03. The van der Waals surface area contributed by atoms with Gasteiger partial charge in [0, 0.05) is 30.1 Å². The molecule has 1 aromatic carbocycles. The van der Waals surface area contributed by atoms with E-state index >= 15 is 0 Å². The van der Waals surface area contributed by atoms with Gasteiger partial charge in [0.15, 0.2) is 5.69 Å². The van der Waals surface area contributed by atoms with E-state index in [1.165, 1.54) is 55.7 Å². The highest BCUT2D eigenvalue weighted by molar-refractivity contribution is 5.65. The Balaban J connectivity index is 1.45. The topological polar surface area (TPSA) is 60.2 Å². The lowest BCUT2D eigenvalue weighted by molar-refractivity contribution is -0.141. The van der Waals surface area contributed by atoms with Gasteiger partial charge in [-0.3, -0.25) is 4.98 Å². The number of halogens is 3. The van der Waals surface area contributed by atoms with Crippen LogP contribution in [0.1, 0.15) is 96.2 Å². The van der Waals surface area contributed by atoms with Crippen molar-refractivity contribution in [3.63, 3.8) is 0 Å². The molecule has 2 aromatic heterocycles. The maximum atomic E-state index is 13.4. The molecule has 1 N–H and O–H groups in total. The Kier molecular flexibility index (Phi) is 11.6. The summed E-state index contributed by atoms with van der Waals surface area (Å²) in [5.74, 6) is 0.357. The molecule has 40 heavy (non-hydrogen) atoms. The van der Waals surface area contributed by atoms with E-state index in [-0.39, 0.29) is 18.3 Å². The minimum Gasteiger partial charge on any atom is -0.508 e. The molecule has 0 aliphatic heterocycles. The molecule has 220 valence electrons. The SMILES string of the molecule is Cc1cc(-c2ccc(-c3nc(C(F)(F)F)cn3COCCCCCCCCCCCC(C)(C)C)cn2)ccc1O. The van der Waals surface area contributed by atoms with Gasteiger partial charge < -0.3 is 14.4 Å². The second kappa shape index (κ2) is 14.7. The van der Waals surface area contributed by atoms with Gasteiger partial charge in [-0.1, -0.05) is 72.1 Å². The number of ether oxygens (including phenoxy) is 1. The monoisotopic (exact) mass is 559 g/mol. The van der Waals surface area contributed by atoms with Crippen LogP contribution in [0.25, 0.3) is 22.6 Å². The van der Waals surface area contributed by atoms with E-state index in [0.29, 0.717) is 28.8 Å². The Morgan fingerprint density at radius 1 is 0.850 bits per heavy atom. The molecule has 0 radical (unpaired) electrons. The summed E-state index contributed by atoms with van der Waals surface area (Å²) in [6.07, 6.45) is 10.0. The Morgan fingerprint density at radius 2 is 1.48 bits per heavy atom. The summed E-state index contributed by atoms with van der Waals surface area (Å²) in [6.45, 7) is 9.15. The standard InChI is InChI=1S/C32H44F3N3O2/c1-24-20-25(15-17-28(24)39)27-16-14-26(21-36-27)30-37-29(32(33,34)35)22-38(30)23-40-19-13-11-9-7-5-6-8-10-12-18-31(2,3)4/h14-17,20-22,39H,5-13,18-19,23H2,1-4H3. The molecular formula is C32H44F3N3O2. The highest BCUT2D eigenvalue weighted by atomic mass is 19.4. The molecule has 0 unspecified atom stereocenters. The first-order valence-corrected chi connectivity index (χ1v) is 14.4. The number of unbranched alkanes of at least 4 members (excludes halogenated alkanes) is 8. The number of aryl methyl sites for hydroxylation is 1. The van der Waals surface area contributed by atoms with Crippen molar-refractivity contribution in [1.82, 2.24) is 14.5 Å². The number of nitrogens with zero attached hydrogens (tertiary/aromatic N) is 3. The van der Waals surface area contributed by atoms with Gasteiger partial charge in [0.2, 0.25) is 0 Å². The number of hydrogen-bond acceptors (Lipinski definition) is 4. The molecule has 0 amide bonds. The fraction of sp³-hybridized carbons (Fsp3) is 0.562. The van der Waals surface area contributed by atoms with Gasteiger partial charge in [0.05, 0.1) is 5.69 Å². The molecular weight excluding hydrogens is 515 g/mol. The van der Waals surface area contributed by atoms with Crippen molar-refractivity contribution < 1.29 is 23.0 Å². The molecule has 0 aliphatic carbocycles. The zero-order valence-corrected chi connectivity index (χ0v) is 24.4. The molecule has 3 aromatic rings. The summed E-state index contributed by atoms with van der Waals surface area (Å²) in [6, 6.07) is 8.59. The van der Waals surface area contributed by atoms with Crippen LogP contribution >= 0.6 is 0 Å². The zero-order chi connectivity index (χ0) is 29.2. The largest absolute Gasteiger partial charge is 0.508 e. The van der Waals surface area contributed by atoms with Gasteiger partial charge >= 0.3 is 6.18 Å². The second-order valence-electron chi connectivity index (χ2n) is 11.9. The molecule has 5 nitrogen and oxygen atoms in total. The third kappa shape index (κ3) is 10.3. The van der Waals surface area contributed by atoms with Crippen LogP contribution in [0.4, 0.5) is 13.2 Å². The van der Waals surface area contributed by atoms with Gasteiger partial charge in [-0.05, 0) is 61.1 Å². The number of rotatable bonds is 15. The van der Waals surface area contributed by atoms with Crippen molar-refractivity contribution in [3.05, 3.63) is 54.0 Å². The van der Waals surface area contributed by atoms with Crippen LogP contribution in [0, 0.1) is 12.3 Å². The molecule has 8 heteroatoms. The maximum Gasteiger partial charge on any atom is 0.434 e. The van der Waals surface area contributed by atoms with E-state index in [1.54, 1.807) is 31.2 Å². The average molecular weight is 560 g/mol. The van der Waals surface area contributed by atoms with Crippen LogP contribution in [-0.2, 0) is 17.6 Å². The number of aromatic hydroxyl groups is 1. The third-order valence-corrected chi connectivity index (χ3v) is 7.03. The lowest BCUT2D eigenvalue weighted by Crippen LogP contribution is -2.06. The fourth-order valence-electron chi connectivity index (χ4n) is 4.65. The van der Waals surface area contributed by atoms with Gasteiger partial charge in [-0.25, -0.2) is 4.98 Å². The van der Waals surface area contributed by atoms with Gasteiger partial charge in [0.1, 0.15) is 18.3 Å². The zero-order valence-electron chi connectivity index (χ0n) is 24.4. The Bertz CT molecular complexity index is 1180. The smallest absolute Gasteiger partial charge is 0.434 e. The quantitative estimate of drug-likeness (QED) is 0.188. The average Bonchev–Trinajstić information content (AvgIpc) is 3.33. The lowest BCUT2D eigenvalue weighted by Gasteiger charge is -2.17. The molecule has 0 saturated heterocycles. The number of pyridine rings is 1. The van der Waals surface area contributed by atoms with Crippen molar-refractivity contribution in [2.24, 2.45) is 5.41 Å². The number of benzene rings is 1. The molecule has 2 heterocycles. The van der Waals surface area contributed by atoms with Crippen molar-refractivity contribution in [2.75, 3.05) is 6.61 Å². The maximum absolute atomic E-state index is 13.4. The summed E-state index contributed by atoms with van der Waals surface area (Å²) in [5.41, 5.74) is 2.12. The van der Waals surface area contributed by atoms with E-state index in [1.807, 2.05) is 6.07 Å². The van der Waals surface area contributed by atoms with Crippen molar-refractivity contribution in [1.29, 1.82) is 0 Å². The van der Waals surface area contributed by atoms with Crippen LogP contribution in [0.5, 0.6) is 5.75 Å². The van der Waals surface area contributed by atoms with Gasteiger partial charge in [-0.15, -0.1) is 0 Å². The van der Waals surface area contributed by atoms with Crippen LogP contribution in [-0.4, -0.2) is 26.2 Å². The molecule has 0 bridgehead atoms. The summed E-state index contributed by atoms with van der Waals surface area (Å²) in [5, 5.41) is 9.75. The summed E-state index contributed by atoms with van der Waals surface area (Å²) >= 11 is 0. The number of aromatic nitrogens is 3. The number of hydrogen-bond donors (Lipinski definition) is 1. The Hall–Kier alpha value is -2.87. The Labute approximate surface area is 236 Å². The van der Waals surface area contributed by atoms with E-state index < -0.39 is 11.9 Å². The number of imidazole rings is 1. The van der Waals surface area contributed by atoms with E-state index in [0.717, 1.165) is 31.0 Å². The predicted octanol–water partition coefficient (Wildman–Crippen LogP) is 9.57. The first kappa shape index (κ1) is 31.7. The summed E-state index contributed by atoms with van der Waals surface area (Å²) < 4.78 is 47.4. The number of phenols is 1. The van der Waals surface area contributed by atoms with Crippen LogP contribution < -0.4 is 0 Å². The lowest BCUT2D eigenvalue weighted by atomic mass is 9.89. The van der Waals surface area contributed by atoms with E-state index in [2.05, 4.69) is 30.7 Å². The number of phenolic OH excluding ortho intramolecular Hbond substituents is 1. The fourth-order valence-corrected chi connectivity index (χ4v) is 4.65. The van der Waals surface area contributed by atoms with E-state index in [9.17, 15) is 18.3 Å². The molecule has 0 spiro atoms. The summed E-state index contributed by atoms with van der Waals surface area (Å²) in [4.78, 5) is 8.28. The van der Waals surface area contributed by atoms with Gasteiger partial charge in [0.25, 0.3) is 0 Å². The molecule has 0 fully saturated rings. The molecule has 3 rings (SSSR count). The first-order valence-electron chi connectivity index (χ1n) is 14.4. The van der Waals surface area contributed by atoms with Crippen molar-refractivity contribution >= 4 is 0 Å². The molecule has 0 aliphatic rings. The molecule has 0 saturated carbocycles. The predicted molar refractivity (Wildman–Crippen MR) is 154 cm³/mol. The second-order valence-corrected chi connectivity index (χ2v) is 11.9.